The molecule has 0 saturated heterocycles. The number of aliphatic carboxylic acids is 1. The van der Waals surface area contributed by atoms with E-state index in [0.717, 1.165) is 38.5 Å². The fraction of sp³-hybridized carbons (Fsp3) is 0.682. The number of aliphatic hydroxyl groups excluding tert-OH is 2. The summed E-state index contributed by atoms with van der Waals surface area (Å²) in [7, 11) is 1.75. The molecule has 5 nitrogen and oxygen atoms in total. The monoisotopic (exact) mass is 410 g/mol. The topological polar surface area (TPSA) is 87.0 Å². The number of allylic oxidation sites excluding steroid dienone is 2. The first kappa shape index (κ1) is 23.1. The Morgan fingerprint density at radius 3 is 2.75 bits per heavy atom. The van der Waals surface area contributed by atoms with Crippen molar-refractivity contribution in [2.24, 2.45) is 11.8 Å². The van der Waals surface area contributed by atoms with Crippen molar-refractivity contribution in [3.8, 4) is 0 Å². The molecule has 1 heterocycles. The van der Waals surface area contributed by atoms with Crippen LogP contribution in [0, 0.1) is 11.8 Å². The summed E-state index contributed by atoms with van der Waals surface area (Å²) in [6.45, 7) is 0. The first-order valence-corrected chi connectivity index (χ1v) is 11.2. The van der Waals surface area contributed by atoms with E-state index in [1.165, 1.54) is 5.56 Å². The van der Waals surface area contributed by atoms with Gasteiger partial charge in [-0.15, -0.1) is 0 Å². The molecule has 5 atom stereocenters. The number of hydrogen-bond donors (Lipinski definition) is 3. The van der Waals surface area contributed by atoms with E-state index in [0.29, 0.717) is 12.8 Å². The largest absolute Gasteiger partial charge is 0.481 e. The molecule has 0 radical (unpaired) electrons. The summed E-state index contributed by atoms with van der Waals surface area (Å²) < 4.78 is 5.65. The molecule has 28 heavy (non-hydrogen) atoms. The van der Waals surface area contributed by atoms with Crippen molar-refractivity contribution in [1.82, 2.24) is 0 Å². The lowest BCUT2D eigenvalue weighted by Gasteiger charge is -2.24. The molecule has 1 fully saturated rings. The Kier molecular flexibility index (Phi) is 10.2. The molecule has 0 aliphatic heterocycles. The Hall–Kier alpha value is -1.21. The lowest BCUT2D eigenvalue weighted by molar-refractivity contribution is -0.137. The van der Waals surface area contributed by atoms with Crippen molar-refractivity contribution in [2.45, 2.75) is 76.1 Å². The highest BCUT2D eigenvalue weighted by atomic mass is 32.1. The van der Waals surface area contributed by atoms with Crippen LogP contribution in [-0.4, -0.2) is 46.7 Å². The Bertz CT molecular complexity index is 586. The summed E-state index contributed by atoms with van der Waals surface area (Å²) in [5, 5.41) is 33.7. The molecule has 6 heteroatoms. The number of aryl methyl sites for hydroxylation is 1. The fourth-order valence-corrected chi connectivity index (χ4v) is 4.87. The van der Waals surface area contributed by atoms with Crippen LogP contribution in [-0.2, 0) is 16.0 Å². The standard InChI is InChI=1S/C22H34O5S/c1-27-17(9-8-16-12-13-28-15-16)10-11-19-18(20(23)14-21(19)24)6-4-2-3-5-7-22(25)26/h2,4,12-13,15,17-21,23-24H,3,5-11,14H2,1H3,(H,25,26)/t17?,18-,19-,20?,21?/m1/s1. The van der Waals surface area contributed by atoms with Gasteiger partial charge in [0.05, 0.1) is 18.3 Å². The number of hydrogen-bond acceptors (Lipinski definition) is 5. The number of rotatable bonds is 13. The van der Waals surface area contributed by atoms with Gasteiger partial charge in [0.15, 0.2) is 0 Å². The minimum atomic E-state index is -0.769. The molecule has 1 aromatic rings. The number of unbranched alkanes of at least 4 members (excludes halogenated alkanes) is 1. The highest BCUT2D eigenvalue weighted by Crippen LogP contribution is 2.38. The van der Waals surface area contributed by atoms with Crippen molar-refractivity contribution in [2.75, 3.05) is 7.11 Å². The zero-order valence-corrected chi connectivity index (χ0v) is 17.5. The van der Waals surface area contributed by atoms with Crippen LogP contribution < -0.4 is 0 Å². The maximum atomic E-state index is 10.5. The minimum absolute atomic E-state index is 0.0557. The van der Waals surface area contributed by atoms with Crippen molar-refractivity contribution in [3.63, 3.8) is 0 Å². The maximum absolute atomic E-state index is 10.5. The maximum Gasteiger partial charge on any atom is 0.303 e. The Balaban J connectivity index is 1.78. The van der Waals surface area contributed by atoms with E-state index in [9.17, 15) is 15.0 Å². The second kappa shape index (κ2) is 12.4. The highest BCUT2D eigenvalue weighted by molar-refractivity contribution is 7.07. The average molecular weight is 411 g/mol. The molecule has 158 valence electrons. The van der Waals surface area contributed by atoms with E-state index in [4.69, 9.17) is 9.84 Å². The molecule has 1 aromatic heterocycles. The van der Waals surface area contributed by atoms with Crippen LogP contribution in [0.25, 0.3) is 0 Å². The summed E-state index contributed by atoms with van der Waals surface area (Å²) >= 11 is 1.71. The first-order valence-electron chi connectivity index (χ1n) is 10.3. The molecule has 1 saturated carbocycles. The lowest BCUT2D eigenvalue weighted by atomic mass is 9.85. The fourth-order valence-electron chi connectivity index (χ4n) is 4.17. The van der Waals surface area contributed by atoms with Gasteiger partial charge in [0, 0.05) is 13.5 Å². The van der Waals surface area contributed by atoms with E-state index in [2.05, 4.69) is 16.8 Å². The molecule has 3 unspecified atom stereocenters. The SMILES string of the molecule is COC(CCc1ccsc1)CC[C@H]1C(O)CC(O)[C@@H]1CC=CCCCC(=O)O. The van der Waals surface area contributed by atoms with E-state index >= 15 is 0 Å². The van der Waals surface area contributed by atoms with Gasteiger partial charge >= 0.3 is 5.97 Å². The number of thiophene rings is 1. The van der Waals surface area contributed by atoms with Crippen molar-refractivity contribution >= 4 is 17.3 Å². The molecular formula is C22H34O5S. The van der Waals surface area contributed by atoms with Crippen LogP contribution in [0.5, 0.6) is 0 Å². The third kappa shape index (κ3) is 7.66. The second-order valence-corrected chi connectivity index (χ2v) is 8.58. The van der Waals surface area contributed by atoms with Gasteiger partial charge in [-0.25, -0.2) is 0 Å². The van der Waals surface area contributed by atoms with Crippen LogP contribution in [0.4, 0.5) is 0 Å². The third-order valence-corrected chi connectivity index (χ3v) is 6.58. The van der Waals surface area contributed by atoms with Crippen molar-refractivity contribution in [1.29, 1.82) is 0 Å². The smallest absolute Gasteiger partial charge is 0.303 e. The molecule has 3 N–H and O–H groups in total. The normalized spacial score (nSPS) is 26.1. The number of carboxylic acids is 1. The van der Waals surface area contributed by atoms with Crippen LogP contribution in [0.2, 0.25) is 0 Å². The number of methoxy groups -OCH3 is 1. The van der Waals surface area contributed by atoms with Gasteiger partial charge in [-0.1, -0.05) is 12.2 Å². The molecule has 0 aromatic carbocycles. The molecule has 0 spiro atoms. The zero-order chi connectivity index (χ0) is 20.4. The summed E-state index contributed by atoms with van der Waals surface area (Å²) in [5.41, 5.74) is 1.34. The lowest BCUT2D eigenvalue weighted by Crippen LogP contribution is -2.24. The van der Waals surface area contributed by atoms with Crippen molar-refractivity contribution < 1.29 is 24.9 Å². The van der Waals surface area contributed by atoms with E-state index in [-0.39, 0.29) is 24.4 Å². The van der Waals surface area contributed by atoms with Gasteiger partial charge in [-0.2, -0.15) is 11.3 Å². The minimum Gasteiger partial charge on any atom is -0.481 e. The molecule has 1 aliphatic carbocycles. The highest BCUT2D eigenvalue weighted by Gasteiger charge is 2.40. The summed E-state index contributed by atoms with van der Waals surface area (Å²) in [6, 6.07) is 2.15. The van der Waals surface area contributed by atoms with Gasteiger partial charge in [0.1, 0.15) is 0 Å². The van der Waals surface area contributed by atoms with Crippen molar-refractivity contribution in [3.05, 3.63) is 34.5 Å². The number of carbonyl (C=O) groups is 1. The van der Waals surface area contributed by atoms with Crippen LogP contribution >= 0.6 is 11.3 Å². The van der Waals surface area contributed by atoms with E-state index < -0.39 is 18.2 Å². The van der Waals surface area contributed by atoms with Gasteiger partial charge in [0.2, 0.25) is 0 Å². The third-order valence-electron chi connectivity index (χ3n) is 5.85. The number of aliphatic hydroxyl groups is 2. The van der Waals surface area contributed by atoms with Crippen LogP contribution in [0.1, 0.15) is 56.9 Å². The summed E-state index contributed by atoms with van der Waals surface area (Å²) in [5.74, 6) is -0.632. The van der Waals surface area contributed by atoms with Gasteiger partial charge in [-0.05, 0) is 85.6 Å². The average Bonchev–Trinajstić information content (AvgIpc) is 3.26. The Labute approximate surface area is 172 Å². The second-order valence-electron chi connectivity index (χ2n) is 7.80. The van der Waals surface area contributed by atoms with Crippen LogP contribution in [0.15, 0.2) is 29.0 Å². The quantitative estimate of drug-likeness (QED) is 0.337. The summed E-state index contributed by atoms with van der Waals surface area (Å²) in [6.07, 6.45) is 9.66. The Morgan fingerprint density at radius 2 is 2.07 bits per heavy atom. The first-order chi connectivity index (χ1) is 13.5. The molecule has 0 bridgehead atoms. The molecular weight excluding hydrogens is 376 g/mol. The number of ether oxygens (including phenoxy) is 1. The Morgan fingerprint density at radius 1 is 1.29 bits per heavy atom. The van der Waals surface area contributed by atoms with E-state index in [1.54, 1.807) is 18.4 Å². The molecule has 0 amide bonds. The molecule has 2 rings (SSSR count). The predicted octanol–water partition coefficient (Wildman–Crippen LogP) is 4.04. The van der Waals surface area contributed by atoms with Gasteiger partial charge < -0.3 is 20.1 Å². The van der Waals surface area contributed by atoms with Gasteiger partial charge in [0.25, 0.3) is 0 Å². The molecule has 1 aliphatic rings. The van der Waals surface area contributed by atoms with Crippen LogP contribution in [0.3, 0.4) is 0 Å². The van der Waals surface area contributed by atoms with Gasteiger partial charge in [-0.3, -0.25) is 4.79 Å². The van der Waals surface area contributed by atoms with E-state index in [1.807, 2.05) is 12.2 Å². The summed E-state index contributed by atoms with van der Waals surface area (Å²) in [4.78, 5) is 10.5. The predicted molar refractivity (Wildman–Crippen MR) is 112 cm³/mol. The number of carboxylic acid groups (broad SMARTS) is 1. The zero-order valence-electron chi connectivity index (χ0n) is 16.7.